The van der Waals surface area contributed by atoms with Crippen LogP contribution in [0.15, 0.2) is 0 Å². The molecule has 0 amide bonds. The Bertz CT molecular complexity index is 480. The third-order valence-electron chi connectivity index (χ3n) is 7.18. The minimum atomic E-state index is -0.723. The second kappa shape index (κ2) is 16.6. The molecular weight excluding hydrogens is 388 g/mol. The van der Waals surface area contributed by atoms with E-state index in [9.17, 15) is 14.7 Å². The van der Waals surface area contributed by atoms with E-state index < -0.39 is 5.97 Å². The molecular formula is C27H50O4. The molecule has 0 spiro atoms. The summed E-state index contributed by atoms with van der Waals surface area (Å²) >= 11 is 0. The number of esters is 1. The van der Waals surface area contributed by atoms with Crippen LogP contribution in [0.4, 0.5) is 0 Å². The molecule has 1 fully saturated rings. The Morgan fingerprint density at radius 3 is 1.87 bits per heavy atom. The zero-order valence-electron chi connectivity index (χ0n) is 20.9. The van der Waals surface area contributed by atoms with Crippen LogP contribution in [0, 0.1) is 23.7 Å². The second-order valence-corrected chi connectivity index (χ2v) is 10.3. The minimum absolute atomic E-state index is 0.0298. The summed E-state index contributed by atoms with van der Waals surface area (Å²) in [6.07, 6.45) is 17.0. The fraction of sp³-hybridized carbons (Fsp3) is 0.926. The van der Waals surface area contributed by atoms with Crippen molar-refractivity contribution in [3.05, 3.63) is 0 Å². The van der Waals surface area contributed by atoms with Gasteiger partial charge in [0.1, 0.15) is 6.10 Å². The van der Waals surface area contributed by atoms with Crippen molar-refractivity contribution in [2.45, 2.75) is 137 Å². The number of carboxylic acids is 1. The monoisotopic (exact) mass is 438 g/mol. The van der Waals surface area contributed by atoms with Crippen LogP contribution < -0.4 is 0 Å². The van der Waals surface area contributed by atoms with Gasteiger partial charge in [-0.2, -0.15) is 0 Å². The molecule has 0 radical (unpaired) electrons. The second-order valence-electron chi connectivity index (χ2n) is 10.3. The molecule has 1 N–H and O–H groups in total. The summed E-state index contributed by atoms with van der Waals surface area (Å²) in [5.74, 6) is 0.0714. The highest BCUT2D eigenvalue weighted by atomic mass is 16.5. The molecule has 182 valence electrons. The summed E-state index contributed by atoms with van der Waals surface area (Å²) in [5, 5.41) is 9.19. The lowest BCUT2D eigenvalue weighted by Gasteiger charge is -2.30. The van der Waals surface area contributed by atoms with Crippen molar-refractivity contribution >= 4 is 11.9 Å². The van der Waals surface area contributed by atoms with Gasteiger partial charge in [0.05, 0.1) is 11.8 Å². The molecule has 1 aliphatic rings. The molecule has 0 saturated heterocycles. The molecule has 1 aliphatic carbocycles. The van der Waals surface area contributed by atoms with Crippen molar-refractivity contribution in [3.8, 4) is 0 Å². The normalized spacial score (nSPS) is 21.1. The highest BCUT2D eigenvalue weighted by molar-refractivity contribution is 5.74. The number of rotatable bonds is 17. The van der Waals surface area contributed by atoms with Crippen LogP contribution in [0.1, 0.15) is 130 Å². The van der Waals surface area contributed by atoms with Gasteiger partial charge in [0.2, 0.25) is 0 Å². The first-order valence-corrected chi connectivity index (χ1v) is 13.3. The summed E-state index contributed by atoms with van der Waals surface area (Å²) in [7, 11) is 0. The Balaban J connectivity index is 2.46. The lowest BCUT2D eigenvalue weighted by Crippen LogP contribution is -2.32. The summed E-state index contributed by atoms with van der Waals surface area (Å²) in [6, 6.07) is 0. The van der Waals surface area contributed by atoms with Gasteiger partial charge in [-0.3, -0.25) is 9.59 Å². The molecule has 0 aromatic heterocycles. The number of carboxylic acid groups (broad SMARTS) is 1. The number of hydrogen-bond donors (Lipinski definition) is 1. The SMILES string of the molecule is CCCCC(CC)C(CCCCCCCCC(C)C)OC(=O)C1CCC(C(=O)O)CC1. The number of hydrogen-bond acceptors (Lipinski definition) is 3. The van der Waals surface area contributed by atoms with Gasteiger partial charge in [-0.1, -0.05) is 79.1 Å². The van der Waals surface area contributed by atoms with E-state index in [1.54, 1.807) is 0 Å². The fourth-order valence-corrected chi connectivity index (χ4v) is 4.94. The molecule has 0 bridgehead atoms. The van der Waals surface area contributed by atoms with Gasteiger partial charge in [0.15, 0.2) is 0 Å². The molecule has 2 atom stereocenters. The third-order valence-corrected chi connectivity index (χ3v) is 7.18. The van der Waals surface area contributed by atoms with E-state index in [1.807, 2.05) is 0 Å². The van der Waals surface area contributed by atoms with Gasteiger partial charge in [0, 0.05) is 0 Å². The van der Waals surface area contributed by atoms with Crippen molar-refractivity contribution in [3.63, 3.8) is 0 Å². The Labute approximate surface area is 191 Å². The molecule has 0 aliphatic heterocycles. The Morgan fingerprint density at radius 2 is 1.35 bits per heavy atom. The fourth-order valence-electron chi connectivity index (χ4n) is 4.94. The molecule has 1 rings (SSSR count). The Kier molecular flexibility index (Phi) is 14.9. The lowest BCUT2D eigenvalue weighted by molar-refractivity contribution is -0.160. The zero-order chi connectivity index (χ0) is 23.1. The van der Waals surface area contributed by atoms with Crippen molar-refractivity contribution < 1.29 is 19.4 Å². The maximum Gasteiger partial charge on any atom is 0.309 e. The maximum absolute atomic E-state index is 12.9. The number of carbonyl (C=O) groups is 2. The predicted molar refractivity (Wildman–Crippen MR) is 128 cm³/mol. The van der Waals surface area contributed by atoms with E-state index in [4.69, 9.17) is 4.74 Å². The van der Waals surface area contributed by atoms with Gasteiger partial charge in [-0.15, -0.1) is 0 Å². The number of aliphatic carboxylic acids is 1. The van der Waals surface area contributed by atoms with Crippen LogP contribution in [0.3, 0.4) is 0 Å². The van der Waals surface area contributed by atoms with Gasteiger partial charge in [0.25, 0.3) is 0 Å². The summed E-state index contributed by atoms with van der Waals surface area (Å²) in [5.41, 5.74) is 0. The Hall–Kier alpha value is -1.06. The topological polar surface area (TPSA) is 63.6 Å². The minimum Gasteiger partial charge on any atom is -0.481 e. The van der Waals surface area contributed by atoms with E-state index in [-0.39, 0.29) is 23.9 Å². The number of carbonyl (C=O) groups excluding carboxylic acids is 1. The lowest BCUT2D eigenvalue weighted by atomic mass is 9.82. The summed E-state index contributed by atoms with van der Waals surface area (Å²) in [4.78, 5) is 24.1. The zero-order valence-corrected chi connectivity index (χ0v) is 20.9. The van der Waals surface area contributed by atoms with Gasteiger partial charge in [-0.05, 0) is 63.2 Å². The van der Waals surface area contributed by atoms with Gasteiger partial charge >= 0.3 is 11.9 Å². The van der Waals surface area contributed by atoms with Crippen LogP contribution in [0.2, 0.25) is 0 Å². The highest BCUT2D eigenvalue weighted by Gasteiger charge is 2.33. The molecule has 0 aromatic rings. The molecule has 4 nitrogen and oxygen atoms in total. The molecule has 1 saturated carbocycles. The van der Waals surface area contributed by atoms with E-state index >= 15 is 0 Å². The Morgan fingerprint density at radius 1 is 0.806 bits per heavy atom. The van der Waals surface area contributed by atoms with Crippen LogP contribution in [0.5, 0.6) is 0 Å². The smallest absolute Gasteiger partial charge is 0.309 e. The average molecular weight is 439 g/mol. The summed E-state index contributed by atoms with van der Waals surface area (Å²) in [6.45, 7) is 9.02. The van der Waals surface area contributed by atoms with Crippen LogP contribution >= 0.6 is 0 Å². The first-order chi connectivity index (χ1) is 14.9. The first kappa shape index (κ1) is 28.0. The first-order valence-electron chi connectivity index (χ1n) is 13.3. The standard InChI is InChI=1S/C27H50O4/c1-5-7-15-22(6-2)25(16-13-11-9-8-10-12-14-21(3)4)31-27(30)24-19-17-23(18-20-24)26(28)29/h21-25H,5-20H2,1-4H3,(H,28,29). The molecule has 2 unspecified atom stereocenters. The van der Waals surface area contributed by atoms with Crippen LogP contribution in [-0.2, 0) is 14.3 Å². The average Bonchev–Trinajstić information content (AvgIpc) is 2.75. The maximum atomic E-state index is 12.9. The highest BCUT2D eigenvalue weighted by Crippen LogP contribution is 2.32. The van der Waals surface area contributed by atoms with Gasteiger partial charge < -0.3 is 9.84 Å². The van der Waals surface area contributed by atoms with E-state index in [1.165, 1.54) is 51.4 Å². The van der Waals surface area contributed by atoms with Gasteiger partial charge in [-0.25, -0.2) is 0 Å². The number of unbranched alkanes of at least 4 members (excludes halogenated alkanes) is 6. The molecule has 4 heteroatoms. The van der Waals surface area contributed by atoms with Crippen molar-refractivity contribution in [2.24, 2.45) is 23.7 Å². The van der Waals surface area contributed by atoms with Crippen molar-refractivity contribution in [1.29, 1.82) is 0 Å². The van der Waals surface area contributed by atoms with E-state index in [0.717, 1.165) is 31.6 Å². The van der Waals surface area contributed by atoms with Crippen molar-refractivity contribution in [2.75, 3.05) is 0 Å². The molecule has 31 heavy (non-hydrogen) atoms. The largest absolute Gasteiger partial charge is 0.481 e. The third kappa shape index (κ3) is 11.9. The van der Waals surface area contributed by atoms with Crippen LogP contribution in [0.25, 0.3) is 0 Å². The quantitative estimate of drug-likeness (QED) is 0.186. The van der Waals surface area contributed by atoms with Crippen molar-refractivity contribution in [1.82, 2.24) is 0 Å². The molecule has 0 aromatic carbocycles. The summed E-state index contributed by atoms with van der Waals surface area (Å²) < 4.78 is 6.12. The predicted octanol–water partition coefficient (Wildman–Crippen LogP) is 7.78. The number of ether oxygens (including phenoxy) is 1. The molecule has 0 heterocycles. The van der Waals surface area contributed by atoms with E-state index in [0.29, 0.717) is 31.6 Å². The van der Waals surface area contributed by atoms with E-state index in [2.05, 4.69) is 27.7 Å². The van der Waals surface area contributed by atoms with Crippen LogP contribution in [-0.4, -0.2) is 23.1 Å².